The van der Waals surface area contributed by atoms with Crippen LogP contribution in [0.5, 0.6) is 0 Å². The van der Waals surface area contributed by atoms with Crippen LogP contribution in [-0.2, 0) is 9.53 Å². The van der Waals surface area contributed by atoms with E-state index in [2.05, 4.69) is 0 Å². The fraction of sp³-hybridized carbons (Fsp3) is 0.222. The summed E-state index contributed by atoms with van der Waals surface area (Å²) < 4.78 is 4.93. The molecule has 23 heavy (non-hydrogen) atoms. The van der Waals surface area contributed by atoms with E-state index in [4.69, 9.17) is 21.4 Å². The van der Waals surface area contributed by atoms with Crippen molar-refractivity contribution < 1.29 is 9.53 Å². The van der Waals surface area contributed by atoms with Crippen molar-refractivity contribution in [1.29, 1.82) is 0 Å². The Balaban J connectivity index is 2.00. The topological polar surface area (TPSA) is 41.9 Å². The Morgan fingerprint density at radius 3 is 2.52 bits per heavy atom. The number of carbonyl (C=O) groups excluding carboxylic acids is 1. The Morgan fingerprint density at radius 2 is 1.87 bits per heavy atom. The maximum Gasteiger partial charge on any atom is 0.330 e. The van der Waals surface area contributed by atoms with E-state index in [-0.39, 0.29) is 5.97 Å². The van der Waals surface area contributed by atoms with Crippen LogP contribution in [0, 0.1) is 0 Å². The van der Waals surface area contributed by atoms with Crippen LogP contribution in [0.3, 0.4) is 0 Å². The molecule has 1 unspecified atom stereocenters. The van der Waals surface area contributed by atoms with Gasteiger partial charge in [0.15, 0.2) is 6.04 Å². The molecule has 4 nitrogen and oxygen atoms in total. The lowest BCUT2D eigenvalue weighted by molar-refractivity contribution is -0.142. The fourth-order valence-electron chi connectivity index (χ4n) is 2.66. The summed E-state index contributed by atoms with van der Waals surface area (Å²) in [5.41, 5.74) is 2.84. The van der Waals surface area contributed by atoms with E-state index < -0.39 is 6.04 Å². The van der Waals surface area contributed by atoms with Gasteiger partial charge < -0.3 is 4.74 Å². The molecular formula is C18H17ClN2O2. The molecular weight excluding hydrogens is 312 g/mol. The summed E-state index contributed by atoms with van der Waals surface area (Å²) in [7, 11) is 1.40. The van der Waals surface area contributed by atoms with Crippen LogP contribution in [0.1, 0.15) is 18.4 Å². The highest BCUT2D eigenvalue weighted by Crippen LogP contribution is 2.27. The van der Waals surface area contributed by atoms with Crippen molar-refractivity contribution in [3.8, 4) is 0 Å². The van der Waals surface area contributed by atoms with Crippen LogP contribution in [0.25, 0.3) is 0 Å². The van der Waals surface area contributed by atoms with Gasteiger partial charge in [-0.05, 0) is 42.7 Å². The van der Waals surface area contributed by atoms with E-state index >= 15 is 0 Å². The molecule has 1 heterocycles. The van der Waals surface area contributed by atoms with Crippen molar-refractivity contribution in [3.63, 3.8) is 0 Å². The molecule has 0 spiro atoms. The largest absolute Gasteiger partial charge is 0.467 e. The maximum atomic E-state index is 12.1. The first-order valence-electron chi connectivity index (χ1n) is 7.44. The molecule has 0 saturated heterocycles. The molecule has 0 amide bonds. The number of halogens is 1. The number of ether oxygens (including phenoxy) is 1. The summed E-state index contributed by atoms with van der Waals surface area (Å²) in [5.74, 6) is -0.282. The Labute approximate surface area is 140 Å². The summed E-state index contributed by atoms with van der Waals surface area (Å²) >= 11 is 5.96. The first-order chi connectivity index (χ1) is 11.2. The number of carbonyl (C=O) groups is 1. The molecule has 1 atom stereocenters. The average Bonchev–Trinajstić information content (AvgIpc) is 2.62. The molecule has 2 aromatic carbocycles. The predicted octanol–water partition coefficient (Wildman–Crippen LogP) is 3.89. The van der Waals surface area contributed by atoms with Gasteiger partial charge in [0, 0.05) is 5.02 Å². The van der Waals surface area contributed by atoms with Crippen molar-refractivity contribution >= 4 is 29.0 Å². The van der Waals surface area contributed by atoms with Crippen LogP contribution < -0.4 is 5.01 Å². The van der Waals surface area contributed by atoms with E-state index in [9.17, 15) is 4.79 Å². The number of methoxy groups -OCH3 is 1. The SMILES string of the molecule is COC(=O)C1CCC(c2ccccc2)=NN1c1ccc(Cl)cc1. The zero-order valence-corrected chi connectivity index (χ0v) is 13.5. The lowest BCUT2D eigenvalue weighted by Crippen LogP contribution is -2.42. The third kappa shape index (κ3) is 3.37. The molecule has 1 aliphatic heterocycles. The number of rotatable bonds is 3. The van der Waals surface area contributed by atoms with E-state index in [0.717, 1.165) is 23.4 Å². The Kier molecular flexibility index (Phi) is 4.63. The van der Waals surface area contributed by atoms with Crippen LogP contribution in [0.15, 0.2) is 59.7 Å². The van der Waals surface area contributed by atoms with E-state index in [1.165, 1.54) is 7.11 Å². The third-order valence-corrected chi connectivity index (χ3v) is 4.10. The molecule has 0 N–H and O–H groups in total. The third-order valence-electron chi connectivity index (χ3n) is 3.85. The number of esters is 1. The van der Waals surface area contributed by atoms with Crippen LogP contribution in [0.2, 0.25) is 5.02 Å². The number of hydrazone groups is 1. The van der Waals surface area contributed by atoms with Gasteiger partial charge in [-0.15, -0.1) is 0 Å². The van der Waals surface area contributed by atoms with E-state index in [0.29, 0.717) is 11.4 Å². The molecule has 0 saturated carbocycles. The molecule has 2 aromatic rings. The van der Waals surface area contributed by atoms with Gasteiger partial charge in [0.1, 0.15) is 0 Å². The molecule has 0 aromatic heterocycles. The first-order valence-corrected chi connectivity index (χ1v) is 7.82. The zero-order valence-electron chi connectivity index (χ0n) is 12.8. The van der Waals surface area contributed by atoms with E-state index in [1.807, 2.05) is 42.5 Å². The lowest BCUT2D eigenvalue weighted by atomic mass is 10.00. The Morgan fingerprint density at radius 1 is 1.17 bits per heavy atom. The van der Waals surface area contributed by atoms with Gasteiger partial charge in [-0.2, -0.15) is 5.10 Å². The van der Waals surface area contributed by atoms with E-state index in [1.54, 1.807) is 17.1 Å². The van der Waals surface area contributed by atoms with Gasteiger partial charge in [-0.3, -0.25) is 5.01 Å². The highest BCUT2D eigenvalue weighted by atomic mass is 35.5. The summed E-state index contributed by atoms with van der Waals surface area (Å²) in [6.45, 7) is 0. The molecule has 118 valence electrons. The Hall–Kier alpha value is -2.33. The van der Waals surface area contributed by atoms with Crippen molar-refractivity contribution in [2.24, 2.45) is 5.10 Å². The molecule has 0 aliphatic carbocycles. The number of anilines is 1. The number of hydrogen-bond donors (Lipinski definition) is 0. The monoisotopic (exact) mass is 328 g/mol. The smallest absolute Gasteiger partial charge is 0.330 e. The second-order valence-electron chi connectivity index (χ2n) is 5.31. The van der Waals surface area contributed by atoms with Crippen molar-refractivity contribution in [1.82, 2.24) is 0 Å². The van der Waals surface area contributed by atoms with Crippen LogP contribution in [-0.4, -0.2) is 24.8 Å². The zero-order chi connectivity index (χ0) is 16.2. The van der Waals surface area contributed by atoms with Gasteiger partial charge in [-0.25, -0.2) is 4.79 Å². The van der Waals surface area contributed by atoms with Crippen molar-refractivity contribution in [3.05, 3.63) is 65.2 Å². The van der Waals surface area contributed by atoms with Gasteiger partial charge in [0.25, 0.3) is 0 Å². The minimum atomic E-state index is -0.423. The quantitative estimate of drug-likeness (QED) is 0.803. The molecule has 5 heteroatoms. The second kappa shape index (κ2) is 6.84. The minimum absolute atomic E-state index is 0.282. The van der Waals surface area contributed by atoms with Gasteiger partial charge >= 0.3 is 5.97 Å². The van der Waals surface area contributed by atoms with Gasteiger partial charge in [0.2, 0.25) is 0 Å². The van der Waals surface area contributed by atoms with Crippen LogP contribution >= 0.6 is 11.6 Å². The standard InChI is InChI=1S/C18H17ClN2O2/c1-23-18(22)17-12-11-16(13-5-3-2-4-6-13)20-21(17)15-9-7-14(19)8-10-15/h2-10,17H,11-12H2,1H3. The highest BCUT2D eigenvalue weighted by Gasteiger charge is 2.31. The van der Waals surface area contributed by atoms with Gasteiger partial charge in [-0.1, -0.05) is 41.9 Å². The van der Waals surface area contributed by atoms with Crippen molar-refractivity contribution in [2.45, 2.75) is 18.9 Å². The number of benzene rings is 2. The number of hydrogen-bond acceptors (Lipinski definition) is 4. The summed E-state index contributed by atoms with van der Waals surface area (Å²) in [4.78, 5) is 12.1. The molecule has 3 rings (SSSR count). The van der Waals surface area contributed by atoms with Crippen molar-refractivity contribution in [2.75, 3.05) is 12.1 Å². The minimum Gasteiger partial charge on any atom is -0.467 e. The molecule has 0 bridgehead atoms. The lowest BCUT2D eigenvalue weighted by Gasteiger charge is -2.32. The van der Waals surface area contributed by atoms with Crippen LogP contribution in [0.4, 0.5) is 5.69 Å². The molecule has 1 aliphatic rings. The Bertz CT molecular complexity index is 714. The second-order valence-corrected chi connectivity index (χ2v) is 5.75. The summed E-state index contributed by atoms with van der Waals surface area (Å²) in [6, 6.07) is 16.9. The average molecular weight is 329 g/mol. The highest BCUT2D eigenvalue weighted by molar-refractivity contribution is 6.30. The predicted molar refractivity (Wildman–Crippen MR) is 91.9 cm³/mol. The fourth-order valence-corrected chi connectivity index (χ4v) is 2.79. The van der Waals surface area contributed by atoms with Gasteiger partial charge in [0.05, 0.1) is 18.5 Å². The normalized spacial score (nSPS) is 17.6. The first kappa shape index (κ1) is 15.6. The molecule has 0 fully saturated rings. The molecule has 0 radical (unpaired) electrons. The maximum absolute atomic E-state index is 12.1. The number of nitrogens with zero attached hydrogens (tertiary/aromatic N) is 2. The summed E-state index contributed by atoms with van der Waals surface area (Å²) in [6.07, 6.45) is 1.39. The summed E-state index contributed by atoms with van der Waals surface area (Å²) in [5, 5.41) is 7.08.